The summed E-state index contributed by atoms with van der Waals surface area (Å²) in [6, 6.07) is 9.61. The highest BCUT2D eigenvalue weighted by Crippen LogP contribution is 2.23. The molecule has 3 N–H and O–H groups in total. The highest BCUT2D eigenvalue weighted by atomic mass is 35.5. The number of halogens is 2. The molecule has 2 aromatic heterocycles. The number of carboxylic acids is 1. The number of aryl methyl sites for hydroxylation is 1. The van der Waals surface area contributed by atoms with Crippen LogP contribution >= 0.6 is 24.8 Å². The number of carbonyl (C=O) groups excluding carboxylic acids is 1. The average molecular weight is 548 g/mol. The van der Waals surface area contributed by atoms with E-state index in [1.807, 2.05) is 43.6 Å². The van der Waals surface area contributed by atoms with Crippen LogP contribution in [0.2, 0.25) is 0 Å². The lowest BCUT2D eigenvalue weighted by Gasteiger charge is -2.36. The topological polar surface area (TPSA) is 129 Å². The Bertz CT molecular complexity index is 1220. The van der Waals surface area contributed by atoms with E-state index in [4.69, 9.17) is 10.8 Å². The molecule has 12 heteroatoms. The summed E-state index contributed by atoms with van der Waals surface area (Å²) in [7, 11) is 1.74. The van der Waals surface area contributed by atoms with E-state index >= 15 is 0 Å². The maximum Gasteiger partial charge on any atom is 0.337 e. The second-order valence-corrected chi connectivity index (χ2v) is 8.57. The molecule has 3 heterocycles. The van der Waals surface area contributed by atoms with Gasteiger partial charge in [-0.2, -0.15) is 0 Å². The molecule has 1 amide bonds. The number of aromatic carboxylic acids is 1. The maximum atomic E-state index is 11.8. The van der Waals surface area contributed by atoms with Gasteiger partial charge in [-0.05, 0) is 35.7 Å². The quantitative estimate of drug-likeness (QED) is 0.458. The lowest BCUT2D eigenvalue weighted by Crippen LogP contribution is -2.47. The fourth-order valence-electron chi connectivity index (χ4n) is 4.13. The van der Waals surface area contributed by atoms with Crippen molar-refractivity contribution in [2.24, 2.45) is 5.73 Å². The van der Waals surface area contributed by atoms with Crippen molar-refractivity contribution in [3.05, 3.63) is 65.6 Å². The number of carbonyl (C=O) groups is 2. The lowest BCUT2D eigenvalue weighted by molar-refractivity contribution is -0.128. The summed E-state index contributed by atoms with van der Waals surface area (Å²) in [4.78, 5) is 42.4. The van der Waals surface area contributed by atoms with E-state index in [0.717, 1.165) is 54.3 Å². The normalized spacial score (nSPS) is 12.8. The van der Waals surface area contributed by atoms with Gasteiger partial charge in [0, 0.05) is 63.9 Å². The predicted octanol–water partition coefficient (Wildman–Crippen LogP) is 2.63. The molecule has 0 unspecified atom stereocenters. The molecular formula is C25H31Cl2N7O3. The first-order valence-corrected chi connectivity index (χ1v) is 11.4. The standard InChI is InChI=1S/C25H29N7O3.2ClH/c1-17-10-20(24(34)35)13-27-23(17)31-6-8-32(9-7-31)25-28-14-21(15-29-25)19-5-3-4-18(11-19)16-30(2)22(33)12-26;;/h3-5,10-11,13-15H,6-9,12,16,26H2,1-2H3,(H,34,35);2*1H. The van der Waals surface area contributed by atoms with Crippen LogP contribution < -0.4 is 15.5 Å². The largest absolute Gasteiger partial charge is 0.478 e. The molecule has 1 fully saturated rings. The van der Waals surface area contributed by atoms with Crippen LogP contribution in [0.15, 0.2) is 48.9 Å². The molecular weight excluding hydrogens is 517 g/mol. The van der Waals surface area contributed by atoms with Crippen molar-refractivity contribution in [2.45, 2.75) is 13.5 Å². The molecule has 1 aromatic carbocycles. The summed E-state index contributed by atoms with van der Waals surface area (Å²) in [6.45, 7) is 5.31. The Labute approximate surface area is 228 Å². The van der Waals surface area contributed by atoms with Gasteiger partial charge in [0.2, 0.25) is 11.9 Å². The van der Waals surface area contributed by atoms with Crippen molar-refractivity contribution in [3.8, 4) is 11.1 Å². The van der Waals surface area contributed by atoms with Crippen molar-refractivity contribution in [1.82, 2.24) is 19.9 Å². The van der Waals surface area contributed by atoms with E-state index in [1.165, 1.54) is 6.20 Å². The van der Waals surface area contributed by atoms with Crippen LogP contribution in [0.3, 0.4) is 0 Å². The Morgan fingerprint density at radius 1 is 0.973 bits per heavy atom. The van der Waals surface area contributed by atoms with Gasteiger partial charge >= 0.3 is 5.97 Å². The third kappa shape index (κ3) is 7.06. The first-order valence-electron chi connectivity index (χ1n) is 11.4. The van der Waals surface area contributed by atoms with E-state index in [0.29, 0.717) is 12.5 Å². The second kappa shape index (κ2) is 13.2. The molecule has 4 rings (SSSR count). The second-order valence-electron chi connectivity index (χ2n) is 8.57. The molecule has 37 heavy (non-hydrogen) atoms. The summed E-state index contributed by atoms with van der Waals surface area (Å²) in [5.41, 5.74) is 9.38. The van der Waals surface area contributed by atoms with Gasteiger partial charge in [-0.3, -0.25) is 4.79 Å². The molecule has 0 spiro atoms. The smallest absolute Gasteiger partial charge is 0.337 e. The average Bonchev–Trinajstić information content (AvgIpc) is 2.88. The molecule has 1 saturated heterocycles. The number of pyridine rings is 1. The fraction of sp³-hybridized carbons (Fsp3) is 0.320. The van der Waals surface area contributed by atoms with Crippen LogP contribution in [0.5, 0.6) is 0 Å². The van der Waals surface area contributed by atoms with Crippen LogP contribution in [0.1, 0.15) is 21.5 Å². The molecule has 3 aromatic rings. The number of hydrogen-bond donors (Lipinski definition) is 2. The van der Waals surface area contributed by atoms with Crippen LogP contribution in [-0.4, -0.2) is 76.6 Å². The minimum atomic E-state index is -0.974. The van der Waals surface area contributed by atoms with Gasteiger partial charge in [0.25, 0.3) is 0 Å². The predicted molar refractivity (Wildman–Crippen MR) is 148 cm³/mol. The highest BCUT2D eigenvalue weighted by molar-refractivity contribution is 5.87. The molecule has 0 bridgehead atoms. The van der Waals surface area contributed by atoms with Crippen molar-refractivity contribution in [2.75, 3.05) is 49.6 Å². The fourth-order valence-corrected chi connectivity index (χ4v) is 4.13. The number of anilines is 2. The Hall–Kier alpha value is -3.47. The van der Waals surface area contributed by atoms with E-state index in [-0.39, 0.29) is 42.8 Å². The Kier molecular flexibility index (Phi) is 10.6. The van der Waals surface area contributed by atoms with Crippen LogP contribution in [0.25, 0.3) is 11.1 Å². The summed E-state index contributed by atoms with van der Waals surface area (Å²) in [5, 5.41) is 9.15. The summed E-state index contributed by atoms with van der Waals surface area (Å²) >= 11 is 0. The van der Waals surface area contributed by atoms with Crippen LogP contribution in [-0.2, 0) is 11.3 Å². The monoisotopic (exact) mass is 547 g/mol. The summed E-state index contributed by atoms with van der Waals surface area (Å²) in [6.07, 6.45) is 5.04. The number of likely N-dealkylation sites (N-methyl/N-ethyl adjacent to an activating group) is 1. The molecule has 0 atom stereocenters. The number of nitrogens with zero attached hydrogens (tertiary/aromatic N) is 6. The minimum absolute atomic E-state index is 0. The van der Waals surface area contributed by atoms with E-state index < -0.39 is 5.97 Å². The van der Waals surface area contributed by atoms with E-state index in [9.17, 15) is 9.59 Å². The number of amides is 1. The van der Waals surface area contributed by atoms with Gasteiger partial charge < -0.3 is 25.5 Å². The van der Waals surface area contributed by atoms with Crippen molar-refractivity contribution in [1.29, 1.82) is 0 Å². The van der Waals surface area contributed by atoms with Crippen molar-refractivity contribution >= 4 is 48.5 Å². The number of rotatable bonds is 7. The molecule has 1 aliphatic rings. The van der Waals surface area contributed by atoms with Crippen LogP contribution in [0.4, 0.5) is 11.8 Å². The number of nitrogens with two attached hydrogens (primary N) is 1. The molecule has 0 saturated carbocycles. The van der Waals surface area contributed by atoms with E-state index in [2.05, 4.69) is 24.8 Å². The van der Waals surface area contributed by atoms with Gasteiger partial charge in [-0.25, -0.2) is 19.7 Å². The molecule has 0 aliphatic carbocycles. The third-order valence-corrected chi connectivity index (χ3v) is 6.08. The number of hydrogen-bond acceptors (Lipinski definition) is 8. The Morgan fingerprint density at radius 3 is 2.22 bits per heavy atom. The van der Waals surface area contributed by atoms with Crippen molar-refractivity contribution in [3.63, 3.8) is 0 Å². The zero-order valence-corrected chi connectivity index (χ0v) is 22.3. The third-order valence-electron chi connectivity index (χ3n) is 6.08. The molecule has 10 nitrogen and oxygen atoms in total. The highest BCUT2D eigenvalue weighted by Gasteiger charge is 2.22. The molecule has 1 aliphatic heterocycles. The van der Waals surface area contributed by atoms with Crippen LogP contribution in [0, 0.1) is 6.92 Å². The lowest BCUT2D eigenvalue weighted by atomic mass is 10.1. The maximum absolute atomic E-state index is 11.8. The number of piperazine rings is 1. The first-order chi connectivity index (χ1) is 16.9. The summed E-state index contributed by atoms with van der Waals surface area (Å²) in [5.74, 6) is 0.401. The van der Waals surface area contributed by atoms with E-state index in [1.54, 1.807) is 18.0 Å². The zero-order valence-electron chi connectivity index (χ0n) is 20.7. The summed E-state index contributed by atoms with van der Waals surface area (Å²) < 4.78 is 0. The van der Waals surface area contributed by atoms with Gasteiger partial charge in [0.15, 0.2) is 0 Å². The van der Waals surface area contributed by atoms with Gasteiger partial charge in [-0.1, -0.05) is 18.2 Å². The molecule has 0 radical (unpaired) electrons. The Morgan fingerprint density at radius 2 is 1.62 bits per heavy atom. The SMILES string of the molecule is Cc1cc(C(=O)O)cnc1N1CCN(c2ncc(-c3cccc(CN(C)C(=O)CN)c3)cn2)CC1.Cl.Cl. The zero-order chi connectivity index (χ0) is 24.9. The van der Waals surface area contributed by atoms with Gasteiger partial charge in [-0.15, -0.1) is 24.8 Å². The number of aromatic nitrogens is 3. The molecule has 198 valence electrons. The first kappa shape index (κ1) is 29.8. The minimum Gasteiger partial charge on any atom is -0.478 e. The number of carboxylic acid groups (broad SMARTS) is 1. The van der Waals surface area contributed by atoms with Crippen molar-refractivity contribution < 1.29 is 14.7 Å². The number of benzene rings is 1. The van der Waals surface area contributed by atoms with Gasteiger partial charge in [0.1, 0.15) is 5.82 Å². The van der Waals surface area contributed by atoms with Gasteiger partial charge in [0.05, 0.1) is 12.1 Å². The Balaban J connectivity index is 0.00000241.